The second kappa shape index (κ2) is 9.33. The van der Waals surface area contributed by atoms with Gasteiger partial charge in [-0.3, -0.25) is 14.5 Å². The SMILES string of the molecule is COc1ccc(F)cc1/C(O)=C1\C(=O)C(=O)N(c2nc3cc(C)c(C)cc3[nH]2)C1c1ccc(N(C)C)cc1. The van der Waals surface area contributed by atoms with Crippen LogP contribution in [0.15, 0.2) is 60.2 Å². The minimum atomic E-state index is -1.03. The van der Waals surface area contributed by atoms with Gasteiger partial charge < -0.3 is 19.7 Å². The van der Waals surface area contributed by atoms with Crippen LogP contribution in [0.2, 0.25) is 0 Å². The lowest BCUT2D eigenvalue weighted by molar-refractivity contribution is -0.132. The molecular weight excluding hydrogens is 487 g/mol. The van der Waals surface area contributed by atoms with Crippen molar-refractivity contribution in [1.29, 1.82) is 0 Å². The van der Waals surface area contributed by atoms with Crippen LogP contribution in [-0.4, -0.2) is 48.0 Å². The second-order valence-corrected chi connectivity index (χ2v) is 9.51. The highest BCUT2D eigenvalue weighted by molar-refractivity contribution is 6.51. The van der Waals surface area contributed by atoms with Gasteiger partial charge in [-0.2, -0.15) is 0 Å². The molecule has 8 nitrogen and oxygen atoms in total. The molecule has 1 saturated heterocycles. The zero-order chi connectivity index (χ0) is 27.3. The Bertz CT molecular complexity index is 1580. The standard InChI is InChI=1S/C29H27FN4O4/c1-15-12-21-22(13-16(15)2)32-29(31-21)34-25(17-6-9-19(10-7-17)33(3)4)24(27(36)28(34)37)26(35)20-14-18(30)8-11-23(20)38-5/h6-14,25,35H,1-5H3,(H,31,32)/b26-24+. The molecular formula is C29H27FN4O4. The van der Waals surface area contributed by atoms with Crippen molar-refractivity contribution < 1.29 is 23.8 Å². The quantitative estimate of drug-likeness (QED) is 0.221. The molecule has 2 N–H and O–H groups in total. The summed E-state index contributed by atoms with van der Waals surface area (Å²) in [4.78, 5) is 37.9. The van der Waals surface area contributed by atoms with Crippen molar-refractivity contribution in [2.24, 2.45) is 0 Å². The molecule has 38 heavy (non-hydrogen) atoms. The molecule has 1 aliphatic rings. The molecule has 2 heterocycles. The minimum Gasteiger partial charge on any atom is -0.507 e. The summed E-state index contributed by atoms with van der Waals surface area (Å²) in [5.41, 5.74) is 4.68. The van der Waals surface area contributed by atoms with Gasteiger partial charge in [-0.05, 0) is 73.0 Å². The number of aliphatic hydroxyl groups excluding tert-OH is 1. The number of nitrogens with one attached hydrogen (secondary N) is 1. The number of carbonyl (C=O) groups is 2. The third kappa shape index (κ3) is 4.06. The topological polar surface area (TPSA) is 98.8 Å². The van der Waals surface area contributed by atoms with E-state index in [9.17, 15) is 19.1 Å². The fraction of sp³-hybridized carbons (Fsp3) is 0.207. The molecule has 4 aromatic rings. The Kier molecular flexibility index (Phi) is 6.14. The summed E-state index contributed by atoms with van der Waals surface area (Å²) in [7, 11) is 5.17. The number of amides is 1. The molecule has 0 aliphatic carbocycles. The fourth-order valence-corrected chi connectivity index (χ4v) is 4.70. The summed E-state index contributed by atoms with van der Waals surface area (Å²) in [6.07, 6.45) is 0. The number of hydrogen-bond acceptors (Lipinski definition) is 6. The molecule has 0 radical (unpaired) electrons. The Labute approximate surface area is 219 Å². The third-order valence-corrected chi connectivity index (χ3v) is 6.90. The Hall–Kier alpha value is -4.66. The summed E-state index contributed by atoms with van der Waals surface area (Å²) in [5.74, 6) is -2.62. The molecule has 0 spiro atoms. The first kappa shape index (κ1) is 25.0. The number of rotatable bonds is 5. The Morgan fingerprint density at radius 3 is 2.39 bits per heavy atom. The zero-order valence-corrected chi connectivity index (χ0v) is 21.7. The van der Waals surface area contributed by atoms with Gasteiger partial charge in [-0.15, -0.1) is 0 Å². The first-order valence-electron chi connectivity index (χ1n) is 12.0. The molecule has 9 heteroatoms. The van der Waals surface area contributed by atoms with Crippen LogP contribution >= 0.6 is 0 Å². The number of aryl methyl sites for hydroxylation is 2. The summed E-state index contributed by atoms with van der Waals surface area (Å²) in [6, 6.07) is 13.7. The fourth-order valence-electron chi connectivity index (χ4n) is 4.70. The number of ether oxygens (including phenoxy) is 1. The van der Waals surface area contributed by atoms with Gasteiger partial charge in [0.05, 0.1) is 35.3 Å². The number of nitrogens with zero attached hydrogens (tertiary/aromatic N) is 3. The number of methoxy groups -OCH3 is 1. The number of benzene rings is 3. The average Bonchev–Trinajstić information content (AvgIpc) is 3.41. The van der Waals surface area contributed by atoms with E-state index in [-0.39, 0.29) is 22.8 Å². The molecule has 3 aromatic carbocycles. The number of Topliss-reactive ketones (excluding diaryl/α,β-unsaturated/α-hetero) is 1. The molecule has 5 rings (SSSR count). The Morgan fingerprint density at radius 1 is 1.05 bits per heavy atom. The number of H-pyrrole nitrogens is 1. The van der Waals surface area contributed by atoms with E-state index in [1.807, 2.05) is 57.1 Å². The van der Waals surface area contributed by atoms with Crippen molar-refractivity contribution in [2.75, 3.05) is 31.0 Å². The van der Waals surface area contributed by atoms with Gasteiger partial charge in [0, 0.05) is 19.8 Å². The number of fused-ring (bicyclic) bond motifs is 1. The molecule has 1 aromatic heterocycles. The van der Waals surface area contributed by atoms with Crippen molar-refractivity contribution >= 4 is 40.1 Å². The highest BCUT2D eigenvalue weighted by Gasteiger charge is 2.48. The van der Waals surface area contributed by atoms with Crippen LogP contribution < -0.4 is 14.5 Å². The van der Waals surface area contributed by atoms with E-state index in [4.69, 9.17) is 4.74 Å². The number of halogens is 1. The van der Waals surface area contributed by atoms with E-state index in [0.29, 0.717) is 16.6 Å². The van der Waals surface area contributed by atoms with Crippen molar-refractivity contribution in [2.45, 2.75) is 19.9 Å². The molecule has 1 aliphatic heterocycles. The lowest BCUT2D eigenvalue weighted by Gasteiger charge is -2.24. The van der Waals surface area contributed by atoms with Crippen molar-refractivity contribution in [3.05, 3.63) is 88.2 Å². The second-order valence-electron chi connectivity index (χ2n) is 9.51. The first-order valence-corrected chi connectivity index (χ1v) is 12.0. The van der Waals surface area contributed by atoms with E-state index in [2.05, 4.69) is 9.97 Å². The van der Waals surface area contributed by atoms with E-state index in [0.717, 1.165) is 22.9 Å². The largest absolute Gasteiger partial charge is 0.507 e. The van der Waals surface area contributed by atoms with Crippen LogP contribution in [0.1, 0.15) is 28.3 Å². The summed E-state index contributed by atoms with van der Waals surface area (Å²) < 4.78 is 19.5. The lowest BCUT2D eigenvalue weighted by atomic mass is 9.95. The van der Waals surface area contributed by atoms with Crippen LogP contribution in [0, 0.1) is 19.7 Å². The minimum absolute atomic E-state index is 0.0312. The van der Waals surface area contributed by atoms with Gasteiger partial charge >= 0.3 is 5.91 Å². The van der Waals surface area contributed by atoms with Gasteiger partial charge in [0.15, 0.2) is 0 Å². The van der Waals surface area contributed by atoms with Crippen LogP contribution in [-0.2, 0) is 9.59 Å². The number of carbonyl (C=O) groups excluding carboxylic acids is 2. The Morgan fingerprint density at radius 2 is 1.74 bits per heavy atom. The van der Waals surface area contributed by atoms with Crippen LogP contribution in [0.3, 0.4) is 0 Å². The number of imidazole rings is 1. The van der Waals surface area contributed by atoms with Crippen LogP contribution in [0.25, 0.3) is 16.8 Å². The van der Waals surface area contributed by atoms with E-state index < -0.39 is 29.3 Å². The molecule has 1 unspecified atom stereocenters. The normalized spacial score (nSPS) is 16.9. The van der Waals surface area contributed by atoms with E-state index in [1.165, 1.54) is 24.1 Å². The predicted octanol–water partition coefficient (Wildman–Crippen LogP) is 5.02. The monoisotopic (exact) mass is 514 g/mol. The van der Waals surface area contributed by atoms with Gasteiger partial charge in [0.1, 0.15) is 17.3 Å². The molecule has 0 bridgehead atoms. The highest BCUT2D eigenvalue weighted by atomic mass is 19.1. The van der Waals surface area contributed by atoms with Crippen molar-refractivity contribution in [1.82, 2.24) is 9.97 Å². The van der Waals surface area contributed by atoms with Crippen molar-refractivity contribution in [3.8, 4) is 5.75 Å². The molecule has 1 fully saturated rings. The predicted molar refractivity (Wildman–Crippen MR) is 144 cm³/mol. The number of anilines is 2. The average molecular weight is 515 g/mol. The smallest absolute Gasteiger partial charge is 0.302 e. The van der Waals surface area contributed by atoms with Gasteiger partial charge in [0.25, 0.3) is 5.78 Å². The van der Waals surface area contributed by atoms with Crippen LogP contribution in [0.5, 0.6) is 5.75 Å². The maximum atomic E-state index is 14.2. The number of aromatic nitrogens is 2. The molecule has 194 valence electrons. The van der Waals surface area contributed by atoms with E-state index in [1.54, 1.807) is 12.1 Å². The lowest BCUT2D eigenvalue weighted by Crippen LogP contribution is -2.30. The van der Waals surface area contributed by atoms with Gasteiger partial charge in [0.2, 0.25) is 5.95 Å². The number of ketones is 1. The number of aliphatic hydroxyl groups is 1. The maximum Gasteiger partial charge on any atom is 0.302 e. The third-order valence-electron chi connectivity index (χ3n) is 6.90. The zero-order valence-electron chi connectivity index (χ0n) is 21.7. The Balaban J connectivity index is 1.75. The highest BCUT2D eigenvalue weighted by Crippen LogP contribution is 2.43. The molecule has 0 saturated carbocycles. The number of hydrogen-bond donors (Lipinski definition) is 2. The van der Waals surface area contributed by atoms with Gasteiger partial charge in [-0.25, -0.2) is 9.37 Å². The van der Waals surface area contributed by atoms with E-state index >= 15 is 0 Å². The van der Waals surface area contributed by atoms with Gasteiger partial charge in [-0.1, -0.05) is 12.1 Å². The summed E-state index contributed by atoms with van der Waals surface area (Å²) >= 11 is 0. The molecule has 1 atom stereocenters. The van der Waals surface area contributed by atoms with Crippen LogP contribution in [0.4, 0.5) is 16.0 Å². The molecule has 1 amide bonds. The van der Waals surface area contributed by atoms with Crippen molar-refractivity contribution in [3.63, 3.8) is 0 Å². The summed E-state index contributed by atoms with van der Waals surface area (Å²) in [6.45, 7) is 3.94. The number of aromatic amines is 1. The maximum absolute atomic E-state index is 14.2. The summed E-state index contributed by atoms with van der Waals surface area (Å²) in [5, 5.41) is 11.4. The first-order chi connectivity index (χ1) is 18.1.